The van der Waals surface area contributed by atoms with Crippen molar-refractivity contribution in [3.8, 4) is 0 Å². The third kappa shape index (κ3) is 6.38. The van der Waals surface area contributed by atoms with Gasteiger partial charge >= 0.3 is 11.9 Å². The van der Waals surface area contributed by atoms with Crippen LogP contribution in [0, 0.1) is 0 Å². The minimum atomic E-state index is -0.744. The first kappa shape index (κ1) is 21.4. The predicted molar refractivity (Wildman–Crippen MR) is 110 cm³/mol. The van der Waals surface area contributed by atoms with E-state index in [0.717, 1.165) is 6.42 Å². The third-order valence-electron chi connectivity index (χ3n) is 4.50. The summed E-state index contributed by atoms with van der Waals surface area (Å²) in [6.45, 7) is 7.69. The average Bonchev–Trinajstić information content (AvgIpc) is 2.69. The van der Waals surface area contributed by atoms with Crippen molar-refractivity contribution >= 4 is 11.9 Å². The van der Waals surface area contributed by atoms with Crippen LogP contribution in [0.2, 0.25) is 0 Å². The molecule has 2 atom stereocenters. The smallest absolute Gasteiger partial charge is 0.338 e. The molecule has 148 valence electrons. The molecule has 2 unspecified atom stereocenters. The second-order valence-corrected chi connectivity index (χ2v) is 7.08. The van der Waals surface area contributed by atoms with E-state index in [1.807, 2.05) is 26.0 Å². The van der Waals surface area contributed by atoms with E-state index in [9.17, 15) is 9.59 Å². The molecule has 2 rings (SSSR count). The fraction of sp³-hybridized carbons (Fsp3) is 0.333. The van der Waals surface area contributed by atoms with Crippen LogP contribution in [0.25, 0.3) is 0 Å². The lowest BCUT2D eigenvalue weighted by Gasteiger charge is -2.32. The second kappa shape index (κ2) is 10.5. The lowest BCUT2D eigenvalue weighted by atomic mass is 9.91. The number of carbonyl (C=O) groups is 2. The fourth-order valence-electron chi connectivity index (χ4n) is 3.21. The fourth-order valence-corrected chi connectivity index (χ4v) is 3.21. The van der Waals surface area contributed by atoms with Crippen molar-refractivity contribution in [2.45, 2.75) is 51.2 Å². The van der Waals surface area contributed by atoms with Crippen LogP contribution in [0.1, 0.15) is 60.2 Å². The summed E-state index contributed by atoms with van der Waals surface area (Å²) in [5, 5.41) is 0. The van der Waals surface area contributed by atoms with E-state index in [2.05, 4.69) is 6.58 Å². The maximum absolute atomic E-state index is 12.6. The van der Waals surface area contributed by atoms with E-state index in [-0.39, 0.29) is 11.9 Å². The molecule has 0 spiro atoms. The summed E-state index contributed by atoms with van der Waals surface area (Å²) in [4.78, 5) is 25.0. The zero-order valence-electron chi connectivity index (χ0n) is 16.6. The number of ether oxygens (including phenoxy) is 2. The monoisotopic (exact) mass is 380 g/mol. The Hall–Kier alpha value is -2.88. The Morgan fingerprint density at radius 3 is 2.04 bits per heavy atom. The minimum Gasteiger partial charge on any atom is -0.458 e. The summed E-state index contributed by atoms with van der Waals surface area (Å²) >= 11 is 0. The van der Waals surface area contributed by atoms with Crippen molar-refractivity contribution in [3.05, 3.63) is 84.4 Å². The molecule has 0 heterocycles. The predicted octanol–water partition coefficient (Wildman–Crippen LogP) is 5.59. The van der Waals surface area contributed by atoms with Gasteiger partial charge in [-0.3, -0.25) is 0 Å². The molecule has 0 aliphatic heterocycles. The summed E-state index contributed by atoms with van der Waals surface area (Å²) in [7, 11) is 0. The van der Waals surface area contributed by atoms with Gasteiger partial charge in [0.2, 0.25) is 0 Å². The lowest BCUT2D eigenvalue weighted by Crippen LogP contribution is -2.37. The topological polar surface area (TPSA) is 52.6 Å². The quantitative estimate of drug-likeness (QED) is 0.398. The Morgan fingerprint density at radius 1 is 1.00 bits per heavy atom. The standard InChI is InChI=1S/C24H28O4/c1-4-12-21(27-22(25)19-13-8-6-9-14-19)18-24(3,17-5-2)28-23(26)20-15-10-7-11-16-20/h4,6-11,13-16,21H,1,5,12,17-18H2,2-3H3. The van der Waals surface area contributed by atoms with Crippen LogP contribution in [0.3, 0.4) is 0 Å². The van der Waals surface area contributed by atoms with Gasteiger partial charge in [0.15, 0.2) is 0 Å². The van der Waals surface area contributed by atoms with Crippen LogP contribution in [-0.4, -0.2) is 23.6 Å². The van der Waals surface area contributed by atoms with E-state index in [0.29, 0.717) is 30.4 Å². The van der Waals surface area contributed by atoms with Crippen LogP contribution >= 0.6 is 0 Å². The number of rotatable bonds is 10. The van der Waals surface area contributed by atoms with E-state index in [1.165, 1.54) is 0 Å². The number of esters is 2. The first-order chi connectivity index (χ1) is 13.5. The number of hydrogen-bond donors (Lipinski definition) is 0. The molecule has 0 saturated heterocycles. The normalized spacial score (nSPS) is 13.8. The first-order valence-electron chi connectivity index (χ1n) is 9.62. The zero-order valence-corrected chi connectivity index (χ0v) is 16.6. The Kier molecular flexibility index (Phi) is 8.00. The highest BCUT2D eigenvalue weighted by Crippen LogP contribution is 2.28. The minimum absolute atomic E-state index is 0.372. The Labute approximate surface area is 167 Å². The van der Waals surface area contributed by atoms with Crippen LogP contribution in [0.4, 0.5) is 0 Å². The van der Waals surface area contributed by atoms with Crippen LogP contribution in [0.5, 0.6) is 0 Å². The Morgan fingerprint density at radius 2 is 1.54 bits per heavy atom. The van der Waals surface area contributed by atoms with Gasteiger partial charge in [-0.2, -0.15) is 0 Å². The highest BCUT2D eigenvalue weighted by molar-refractivity contribution is 5.90. The number of benzene rings is 2. The van der Waals surface area contributed by atoms with Gasteiger partial charge in [0.1, 0.15) is 11.7 Å². The average molecular weight is 380 g/mol. The molecule has 28 heavy (non-hydrogen) atoms. The molecule has 2 aromatic rings. The van der Waals surface area contributed by atoms with Gasteiger partial charge in [0.25, 0.3) is 0 Å². The molecule has 0 radical (unpaired) electrons. The molecule has 0 amide bonds. The van der Waals surface area contributed by atoms with Gasteiger partial charge in [-0.25, -0.2) is 9.59 Å². The molecule has 0 aliphatic rings. The van der Waals surface area contributed by atoms with E-state index in [4.69, 9.17) is 9.47 Å². The van der Waals surface area contributed by atoms with Gasteiger partial charge in [0, 0.05) is 12.8 Å². The molecule has 0 aromatic heterocycles. The van der Waals surface area contributed by atoms with E-state index < -0.39 is 11.7 Å². The summed E-state index contributed by atoms with van der Waals surface area (Å²) in [5.74, 6) is -0.760. The Bertz CT molecular complexity index is 770. The molecule has 4 heteroatoms. The van der Waals surface area contributed by atoms with Crippen molar-refractivity contribution in [2.24, 2.45) is 0 Å². The zero-order chi connectivity index (χ0) is 20.4. The van der Waals surface area contributed by atoms with Gasteiger partial charge in [-0.05, 0) is 37.6 Å². The van der Waals surface area contributed by atoms with Gasteiger partial charge in [-0.15, -0.1) is 6.58 Å². The van der Waals surface area contributed by atoms with Crippen molar-refractivity contribution in [1.29, 1.82) is 0 Å². The summed E-state index contributed by atoms with van der Waals surface area (Å²) < 4.78 is 11.6. The van der Waals surface area contributed by atoms with Crippen LogP contribution in [-0.2, 0) is 9.47 Å². The van der Waals surface area contributed by atoms with Gasteiger partial charge in [-0.1, -0.05) is 55.8 Å². The molecule has 0 aliphatic carbocycles. The third-order valence-corrected chi connectivity index (χ3v) is 4.50. The maximum Gasteiger partial charge on any atom is 0.338 e. The van der Waals surface area contributed by atoms with Crippen molar-refractivity contribution < 1.29 is 19.1 Å². The maximum atomic E-state index is 12.6. The SMILES string of the molecule is C=CCC(CC(C)(CCC)OC(=O)c1ccccc1)OC(=O)c1ccccc1. The van der Waals surface area contributed by atoms with Crippen molar-refractivity contribution in [1.82, 2.24) is 0 Å². The molecule has 0 fully saturated rings. The van der Waals surface area contributed by atoms with Crippen LogP contribution in [0.15, 0.2) is 73.3 Å². The van der Waals surface area contributed by atoms with E-state index in [1.54, 1.807) is 54.6 Å². The van der Waals surface area contributed by atoms with Crippen molar-refractivity contribution in [3.63, 3.8) is 0 Å². The van der Waals surface area contributed by atoms with E-state index >= 15 is 0 Å². The molecule has 0 bridgehead atoms. The second-order valence-electron chi connectivity index (χ2n) is 7.08. The van der Waals surface area contributed by atoms with Crippen LogP contribution < -0.4 is 0 Å². The molecular weight excluding hydrogens is 352 g/mol. The molecule has 0 N–H and O–H groups in total. The lowest BCUT2D eigenvalue weighted by molar-refractivity contribution is -0.0435. The summed E-state index contributed by atoms with van der Waals surface area (Å²) in [6.07, 6.45) is 3.69. The molecule has 4 nitrogen and oxygen atoms in total. The Balaban J connectivity index is 2.11. The summed E-state index contributed by atoms with van der Waals surface area (Å²) in [5.41, 5.74) is 0.258. The highest BCUT2D eigenvalue weighted by atomic mass is 16.6. The number of carbonyl (C=O) groups excluding carboxylic acids is 2. The van der Waals surface area contributed by atoms with Crippen molar-refractivity contribution in [2.75, 3.05) is 0 Å². The molecule has 2 aromatic carbocycles. The molecular formula is C24H28O4. The van der Waals surface area contributed by atoms with Gasteiger partial charge in [0.05, 0.1) is 11.1 Å². The highest BCUT2D eigenvalue weighted by Gasteiger charge is 2.33. The largest absolute Gasteiger partial charge is 0.458 e. The number of hydrogen-bond acceptors (Lipinski definition) is 4. The van der Waals surface area contributed by atoms with Gasteiger partial charge < -0.3 is 9.47 Å². The first-order valence-corrected chi connectivity index (χ1v) is 9.62. The summed E-state index contributed by atoms with van der Waals surface area (Å²) in [6, 6.07) is 17.8. The molecule has 0 saturated carbocycles.